The van der Waals surface area contributed by atoms with Crippen molar-refractivity contribution in [1.82, 2.24) is 0 Å². The quantitative estimate of drug-likeness (QED) is 0.443. The smallest absolute Gasteiger partial charge is 0.390 e. The first kappa shape index (κ1) is 11.6. The number of nitrogens with zero attached hydrogens (tertiary/aromatic N) is 2. The number of hydrogen-bond acceptors (Lipinski definition) is 4. The summed E-state index contributed by atoms with van der Waals surface area (Å²) < 4.78 is 1.61. The van der Waals surface area contributed by atoms with Crippen molar-refractivity contribution in [3.63, 3.8) is 0 Å². The summed E-state index contributed by atoms with van der Waals surface area (Å²) in [4.78, 5) is 11.9. The van der Waals surface area contributed by atoms with Gasteiger partial charge < -0.3 is 5.11 Å². The lowest BCUT2D eigenvalue weighted by Crippen LogP contribution is -2.16. The van der Waals surface area contributed by atoms with Crippen LogP contribution in [0.15, 0.2) is 48.7 Å². The van der Waals surface area contributed by atoms with Gasteiger partial charge in [-0.3, -0.25) is 10.1 Å². The maximum Gasteiger partial charge on any atom is 0.390 e. The second-order valence-corrected chi connectivity index (χ2v) is 4.97. The highest BCUT2D eigenvalue weighted by Gasteiger charge is 2.26. The number of para-hydroxylation sites is 1. The fourth-order valence-electron chi connectivity index (χ4n) is 1.95. The Bertz CT molecular complexity index is 782. The number of rotatable bonds is 2. The molecule has 19 heavy (non-hydrogen) atoms. The highest BCUT2D eigenvalue weighted by molar-refractivity contribution is 7.20. The van der Waals surface area contributed by atoms with Crippen LogP contribution in [-0.4, -0.2) is 10.0 Å². The minimum atomic E-state index is -0.441. The van der Waals surface area contributed by atoms with Gasteiger partial charge in [-0.25, -0.2) is 0 Å². The zero-order chi connectivity index (χ0) is 13.4. The molecule has 0 aliphatic carbocycles. The molecule has 3 aromatic rings. The Hall–Kier alpha value is -2.47. The highest BCUT2D eigenvalue weighted by Crippen LogP contribution is 2.38. The molecule has 1 N–H and O–H groups in total. The van der Waals surface area contributed by atoms with Gasteiger partial charge in [-0.15, -0.1) is 4.40 Å². The number of fused-ring (bicyclic) bond motifs is 1. The second kappa shape index (κ2) is 4.33. The van der Waals surface area contributed by atoms with Crippen molar-refractivity contribution >= 4 is 21.9 Å². The van der Waals surface area contributed by atoms with Gasteiger partial charge in [0.2, 0.25) is 0 Å². The summed E-state index contributed by atoms with van der Waals surface area (Å²) in [6.07, 6.45) is 1.72. The van der Waals surface area contributed by atoms with Gasteiger partial charge in [0, 0.05) is 18.2 Å². The van der Waals surface area contributed by atoms with Crippen LogP contribution in [0.3, 0.4) is 0 Å². The maximum absolute atomic E-state index is 11.0. The monoisotopic (exact) mass is 273 g/mol. The third-order valence-corrected chi connectivity index (χ3v) is 3.95. The van der Waals surface area contributed by atoms with E-state index < -0.39 is 4.92 Å². The van der Waals surface area contributed by atoms with E-state index in [0.29, 0.717) is 10.4 Å². The molecule has 0 amide bonds. The van der Waals surface area contributed by atoms with E-state index in [0.717, 1.165) is 4.83 Å². The van der Waals surface area contributed by atoms with Gasteiger partial charge in [-0.1, -0.05) is 23.5 Å². The van der Waals surface area contributed by atoms with Crippen molar-refractivity contribution in [2.45, 2.75) is 0 Å². The topological polar surface area (TPSA) is 67.5 Å². The zero-order valence-corrected chi connectivity index (χ0v) is 10.5. The number of nitro benzene ring substituents is 1. The first-order valence-corrected chi connectivity index (χ1v) is 6.36. The van der Waals surface area contributed by atoms with Crippen molar-refractivity contribution in [3.8, 4) is 16.3 Å². The van der Waals surface area contributed by atoms with Crippen molar-refractivity contribution in [2.24, 2.45) is 0 Å². The number of pyridine rings is 1. The Morgan fingerprint density at radius 1 is 1.16 bits per heavy atom. The van der Waals surface area contributed by atoms with Gasteiger partial charge >= 0.3 is 5.88 Å². The summed E-state index contributed by atoms with van der Waals surface area (Å²) in [6.45, 7) is 0. The molecule has 0 atom stereocenters. The van der Waals surface area contributed by atoms with Crippen LogP contribution in [0.1, 0.15) is 0 Å². The molecule has 5 nitrogen and oxygen atoms in total. The molecule has 3 rings (SSSR count). The lowest BCUT2D eigenvalue weighted by Gasteiger charge is -1.97. The number of nitro groups is 1. The van der Waals surface area contributed by atoms with Crippen molar-refractivity contribution < 1.29 is 14.4 Å². The third-order valence-electron chi connectivity index (χ3n) is 2.81. The Labute approximate surface area is 112 Å². The standard InChI is InChI=1S/C13H8N2O3S/c16-13-12(19-11-7-3-4-8-14(11)13)9-5-1-2-6-10(9)15(17)18/h1-8H/p+1. The summed E-state index contributed by atoms with van der Waals surface area (Å²) >= 11 is 1.32. The second-order valence-electron chi connectivity index (χ2n) is 3.94. The number of hydrogen-bond donors (Lipinski definition) is 1. The van der Waals surface area contributed by atoms with E-state index in [9.17, 15) is 15.2 Å². The van der Waals surface area contributed by atoms with Gasteiger partial charge in [-0.2, -0.15) is 0 Å². The van der Waals surface area contributed by atoms with Gasteiger partial charge in [-0.05, 0) is 12.1 Å². The van der Waals surface area contributed by atoms with E-state index in [2.05, 4.69) is 0 Å². The number of benzene rings is 1. The summed E-state index contributed by atoms with van der Waals surface area (Å²) in [5.74, 6) is 0.0231. The van der Waals surface area contributed by atoms with Crippen LogP contribution in [0, 0.1) is 10.1 Å². The Kier molecular flexibility index (Phi) is 2.64. The highest BCUT2D eigenvalue weighted by atomic mass is 32.1. The molecular weight excluding hydrogens is 264 g/mol. The molecule has 94 valence electrons. The molecule has 0 aliphatic heterocycles. The van der Waals surface area contributed by atoms with Crippen LogP contribution in [0.4, 0.5) is 5.69 Å². The predicted octanol–water partition coefficient (Wildman–Crippen LogP) is 2.77. The van der Waals surface area contributed by atoms with E-state index in [1.165, 1.54) is 17.4 Å². The van der Waals surface area contributed by atoms with Crippen molar-refractivity contribution in [1.29, 1.82) is 0 Å². The van der Waals surface area contributed by atoms with Gasteiger partial charge in [0.15, 0.2) is 11.1 Å². The minimum absolute atomic E-state index is 0.00930. The average Bonchev–Trinajstić information content (AvgIpc) is 2.76. The van der Waals surface area contributed by atoms with E-state index in [-0.39, 0.29) is 11.6 Å². The van der Waals surface area contributed by atoms with Gasteiger partial charge in [0.25, 0.3) is 10.5 Å². The third kappa shape index (κ3) is 1.82. The lowest BCUT2D eigenvalue weighted by atomic mass is 10.1. The zero-order valence-electron chi connectivity index (χ0n) is 9.69. The number of aromatic nitrogens is 1. The minimum Gasteiger partial charge on any atom is -0.458 e. The number of thiazole rings is 1. The molecule has 0 radical (unpaired) electrons. The summed E-state index contributed by atoms with van der Waals surface area (Å²) in [6, 6.07) is 11.9. The lowest BCUT2D eigenvalue weighted by molar-refractivity contribution is -0.517. The Balaban J connectivity index is 2.31. The average molecular weight is 273 g/mol. The molecule has 0 aliphatic rings. The molecule has 2 aromatic heterocycles. The summed E-state index contributed by atoms with van der Waals surface area (Å²) in [7, 11) is 0. The predicted molar refractivity (Wildman–Crippen MR) is 71.2 cm³/mol. The molecule has 1 aromatic carbocycles. The van der Waals surface area contributed by atoms with Crippen LogP contribution in [-0.2, 0) is 0 Å². The molecule has 0 saturated heterocycles. The molecule has 0 saturated carbocycles. The molecule has 0 spiro atoms. The fourth-order valence-corrected chi connectivity index (χ4v) is 3.02. The molecule has 6 heteroatoms. The maximum atomic E-state index is 11.0. The number of aromatic hydroxyl groups is 1. The van der Waals surface area contributed by atoms with Gasteiger partial charge in [0.05, 0.1) is 10.5 Å². The van der Waals surface area contributed by atoms with Crippen LogP contribution in [0.5, 0.6) is 5.88 Å². The normalized spacial score (nSPS) is 10.7. The SMILES string of the molecule is O=[N+]([O-])c1ccccc1-c1sc2cccc[n+]2c1O. The molecular formula is C13H9N2O3S+. The van der Waals surface area contributed by atoms with E-state index in [4.69, 9.17) is 0 Å². The van der Waals surface area contributed by atoms with Crippen LogP contribution in [0.2, 0.25) is 0 Å². The van der Waals surface area contributed by atoms with E-state index in [1.54, 1.807) is 34.9 Å². The molecule has 0 unspecified atom stereocenters. The Morgan fingerprint density at radius 3 is 2.63 bits per heavy atom. The van der Waals surface area contributed by atoms with E-state index >= 15 is 0 Å². The summed E-state index contributed by atoms with van der Waals surface area (Å²) in [5, 5.41) is 21.2. The van der Waals surface area contributed by atoms with Crippen LogP contribution >= 0.6 is 11.3 Å². The summed E-state index contributed by atoms with van der Waals surface area (Å²) in [5.41, 5.74) is 0.420. The molecule has 0 bridgehead atoms. The first-order valence-electron chi connectivity index (χ1n) is 5.54. The Morgan fingerprint density at radius 2 is 1.89 bits per heavy atom. The van der Waals surface area contributed by atoms with Crippen molar-refractivity contribution in [3.05, 3.63) is 58.8 Å². The fraction of sp³-hybridized carbons (Fsp3) is 0. The molecule has 2 heterocycles. The largest absolute Gasteiger partial charge is 0.458 e. The van der Waals surface area contributed by atoms with E-state index in [1.807, 2.05) is 12.1 Å². The van der Waals surface area contributed by atoms with Crippen LogP contribution < -0.4 is 4.40 Å². The van der Waals surface area contributed by atoms with Crippen LogP contribution in [0.25, 0.3) is 15.3 Å². The molecule has 0 fully saturated rings. The van der Waals surface area contributed by atoms with Gasteiger partial charge in [0.1, 0.15) is 0 Å². The van der Waals surface area contributed by atoms with Crippen molar-refractivity contribution in [2.75, 3.05) is 0 Å². The first-order chi connectivity index (χ1) is 9.18.